The van der Waals surface area contributed by atoms with Crippen molar-refractivity contribution in [2.75, 3.05) is 0 Å². The van der Waals surface area contributed by atoms with Crippen LogP contribution >= 0.6 is 0 Å². The van der Waals surface area contributed by atoms with Gasteiger partial charge in [0.15, 0.2) is 0 Å². The summed E-state index contributed by atoms with van der Waals surface area (Å²) in [5.74, 6) is -1.52. The second-order valence-electron chi connectivity index (χ2n) is 7.53. The number of carbonyl (C=O) groups is 3. The first-order valence-corrected chi connectivity index (χ1v) is 10.2. The molecule has 1 aromatic rings. The largest absolute Gasteiger partial charge is 0.547 e. The van der Waals surface area contributed by atoms with Crippen molar-refractivity contribution in [3.63, 3.8) is 0 Å². The molecule has 9 nitrogen and oxygen atoms in total. The number of benzene rings is 1. The topological polar surface area (TPSA) is 120 Å². The zero-order valence-corrected chi connectivity index (χ0v) is 17.1. The van der Waals surface area contributed by atoms with Crippen molar-refractivity contribution >= 4 is 25.2 Å². The Morgan fingerprint density at radius 1 is 1.20 bits per heavy atom. The second kappa shape index (κ2) is 9.84. The van der Waals surface area contributed by atoms with E-state index in [9.17, 15) is 19.4 Å². The van der Waals surface area contributed by atoms with E-state index in [1.54, 1.807) is 12.1 Å². The minimum absolute atomic E-state index is 0.0870. The van der Waals surface area contributed by atoms with Crippen molar-refractivity contribution < 1.29 is 38.3 Å². The highest BCUT2D eigenvalue weighted by atomic mass is 16.8. The Morgan fingerprint density at radius 2 is 1.93 bits per heavy atom. The van der Waals surface area contributed by atoms with Gasteiger partial charge >= 0.3 is 19.2 Å². The van der Waals surface area contributed by atoms with E-state index in [0.717, 1.165) is 32.1 Å². The summed E-state index contributed by atoms with van der Waals surface area (Å²) in [4.78, 5) is 35.8. The van der Waals surface area contributed by atoms with Gasteiger partial charge in [-0.3, -0.25) is 4.79 Å². The van der Waals surface area contributed by atoms with Crippen molar-refractivity contribution in [2.24, 2.45) is 0 Å². The molecule has 1 aliphatic heterocycles. The second-order valence-corrected chi connectivity index (χ2v) is 7.53. The van der Waals surface area contributed by atoms with Gasteiger partial charge in [0, 0.05) is 13.8 Å². The van der Waals surface area contributed by atoms with E-state index in [1.165, 1.54) is 19.9 Å². The van der Waals surface area contributed by atoms with Crippen LogP contribution in [0, 0.1) is 0 Å². The SMILES string of the molecule is CC(=O)N[C@H]1Cc2cccc(C(=O)OC(C)OC(=O)OC3CCCCC3)c2OB1O. The molecule has 1 unspecified atom stereocenters. The molecule has 1 fully saturated rings. The van der Waals surface area contributed by atoms with E-state index in [1.807, 2.05) is 0 Å². The maximum absolute atomic E-state index is 12.6. The summed E-state index contributed by atoms with van der Waals surface area (Å²) < 4.78 is 20.9. The van der Waals surface area contributed by atoms with Crippen LogP contribution in [0.3, 0.4) is 0 Å². The van der Waals surface area contributed by atoms with Gasteiger partial charge in [-0.1, -0.05) is 18.6 Å². The maximum atomic E-state index is 12.6. The van der Waals surface area contributed by atoms with E-state index in [0.29, 0.717) is 5.56 Å². The predicted molar refractivity (Wildman–Crippen MR) is 106 cm³/mol. The summed E-state index contributed by atoms with van der Waals surface area (Å²) in [5, 5.41) is 12.8. The molecule has 0 radical (unpaired) electrons. The molecule has 3 rings (SSSR count). The molecule has 1 heterocycles. The first-order chi connectivity index (χ1) is 14.3. The Kier molecular flexibility index (Phi) is 7.20. The minimum atomic E-state index is -1.31. The minimum Gasteiger partial charge on any atom is -0.534 e. The predicted octanol–water partition coefficient (Wildman–Crippen LogP) is 2.13. The Balaban J connectivity index is 1.59. The summed E-state index contributed by atoms with van der Waals surface area (Å²) in [6.45, 7) is 2.76. The number of esters is 1. The van der Waals surface area contributed by atoms with E-state index < -0.39 is 31.5 Å². The molecule has 162 valence electrons. The van der Waals surface area contributed by atoms with Crippen LogP contribution in [0.2, 0.25) is 0 Å². The zero-order valence-electron chi connectivity index (χ0n) is 17.1. The molecule has 0 aromatic heterocycles. The quantitative estimate of drug-likeness (QED) is 0.423. The van der Waals surface area contributed by atoms with Crippen molar-refractivity contribution in [2.45, 2.75) is 70.7 Å². The molecule has 1 saturated carbocycles. The molecule has 0 bridgehead atoms. The lowest BCUT2D eigenvalue weighted by Gasteiger charge is -2.29. The summed E-state index contributed by atoms with van der Waals surface area (Å²) >= 11 is 0. The van der Waals surface area contributed by atoms with Gasteiger partial charge in [-0.2, -0.15) is 0 Å². The summed E-state index contributed by atoms with van der Waals surface area (Å²) in [5.41, 5.74) is 0.725. The highest BCUT2D eigenvalue weighted by Crippen LogP contribution is 2.31. The fourth-order valence-corrected chi connectivity index (χ4v) is 3.69. The normalized spacial score (nSPS) is 19.7. The average molecular weight is 419 g/mol. The van der Waals surface area contributed by atoms with Gasteiger partial charge in [0.1, 0.15) is 17.4 Å². The molecular formula is C20H26BNO8. The molecule has 1 aromatic carbocycles. The number of nitrogens with one attached hydrogen (secondary N) is 1. The monoisotopic (exact) mass is 419 g/mol. The van der Waals surface area contributed by atoms with Crippen molar-refractivity contribution in [3.05, 3.63) is 29.3 Å². The Labute approximate surface area is 175 Å². The molecule has 2 atom stereocenters. The smallest absolute Gasteiger partial charge is 0.534 e. The fraction of sp³-hybridized carbons (Fsp3) is 0.550. The number of ether oxygens (including phenoxy) is 3. The third-order valence-corrected chi connectivity index (χ3v) is 5.08. The van der Waals surface area contributed by atoms with Crippen LogP contribution in [-0.4, -0.2) is 48.5 Å². The van der Waals surface area contributed by atoms with Gasteiger partial charge in [-0.05, 0) is 43.7 Å². The molecule has 2 N–H and O–H groups in total. The molecule has 0 spiro atoms. The van der Waals surface area contributed by atoms with E-state index >= 15 is 0 Å². The number of fused-ring (bicyclic) bond motifs is 1. The third kappa shape index (κ3) is 5.66. The summed E-state index contributed by atoms with van der Waals surface area (Å²) in [7, 11) is -1.31. The van der Waals surface area contributed by atoms with Gasteiger partial charge in [-0.25, -0.2) is 9.59 Å². The van der Waals surface area contributed by atoms with Gasteiger partial charge in [0.05, 0.1) is 5.94 Å². The van der Waals surface area contributed by atoms with E-state index in [-0.39, 0.29) is 29.7 Å². The van der Waals surface area contributed by atoms with Gasteiger partial charge in [0.25, 0.3) is 0 Å². The van der Waals surface area contributed by atoms with Crippen LogP contribution in [0.5, 0.6) is 5.75 Å². The first kappa shape index (κ1) is 22.0. The van der Waals surface area contributed by atoms with Crippen LogP contribution in [0.25, 0.3) is 0 Å². The van der Waals surface area contributed by atoms with E-state index in [2.05, 4.69) is 5.32 Å². The van der Waals surface area contributed by atoms with Crippen LogP contribution in [0.1, 0.15) is 61.9 Å². The zero-order chi connectivity index (χ0) is 21.7. The van der Waals surface area contributed by atoms with Crippen molar-refractivity contribution in [1.82, 2.24) is 5.32 Å². The molecule has 30 heavy (non-hydrogen) atoms. The number of amides is 1. The maximum Gasteiger partial charge on any atom is 0.547 e. The molecule has 1 aliphatic carbocycles. The van der Waals surface area contributed by atoms with Gasteiger partial charge < -0.3 is 29.2 Å². The highest BCUT2D eigenvalue weighted by Gasteiger charge is 2.37. The molecule has 1 amide bonds. The standard InChI is InChI=1S/C20H26BNO8/c1-12(23)22-17-11-14-7-6-10-16(18(14)30-21(17)26)19(24)27-13(2)28-20(25)29-15-8-4-3-5-9-15/h6-7,10,13,15,17,26H,3-5,8-9,11H2,1-2H3,(H,22,23)/t13?,17-/m0/s1. The summed E-state index contributed by atoms with van der Waals surface area (Å²) in [6.07, 6.45) is 2.85. The number of rotatable bonds is 5. The number of hydrogen-bond acceptors (Lipinski definition) is 8. The lowest BCUT2D eigenvalue weighted by Crippen LogP contribution is -2.52. The molecule has 0 saturated heterocycles. The van der Waals surface area contributed by atoms with Gasteiger partial charge in [0.2, 0.25) is 12.2 Å². The molecular weight excluding hydrogens is 393 g/mol. The van der Waals surface area contributed by atoms with Crippen LogP contribution < -0.4 is 9.97 Å². The lowest BCUT2D eigenvalue weighted by molar-refractivity contribution is -0.119. The molecule has 2 aliphatic rings. The fourth-order valence-electron chi connectivity index (χ4n) is 3.69. The van der Waals surface area contributed by atoms with Crippen LogP contribution in [0.15, 0.2) is 18.2 Å². The van der Waals surface area contributed by atoms with Crippen molar-refractivity contribution in [3.8, 4) is 5.75 Å². The Hall–Kier alpha value is -2.75. The lowest BCUT2D eigenvalue weighted by atomic mass is 9.72. The Bertz CT molecular complexity index is 795. The number of para-hydroxylation sites is 1. The number of carbonyl (C=O) groups excluding carboxylic acids is 3. The van der Waals surface area contributed by atoms with Crippen molar-refractivity contribution in [1.29, 1.82) is 0 Å². The highest BCUT2D eigenvalue weighted by molar-refractivity contribution is 6.47. The summed E-state index contributed by atoms with van der Waals surface area (Å²) in [6, 6.07) is 4.86. The Morgan fingerprint density at radius 3 is 2.63 bits per heavy atom. The average Bonchev–Trinajstić information content (AvgIpc) is 2.68. The van der Waals surface area contributed by atoms with E-state index in [4.69, 9.17) is 18.9 Å². The first-order valence-electron chi connectivity index (χ1n) is 10.2. The third-order valence-electron chi connectivity index (χ3n) is 5.08. The van der Waals surface area contributed by atoms with Crippen LogP contribution in [-0.2, 0) is 25.4 Å². The number of hydrogen-bond donors (Lipinski definition) is 2. The molecule has 10 heteroatoms. The van der Waals surface area contributed by atoms with Gasteiger partial charge in [-0.15, -0.1) is 0 Å². The van der Waals surface area contributed by atoms with Crippen LogP contribution in [0.4, 0.5) is 4.79 Å².